The molecule has 1 N–H and O–H groups in total. The molecule has 0 bridgehead atoms. The highest BCUT2D eigenvalue weighted by molar-refractivity contribution is 5.79. The average Bonchev–Trinajstić information content (AvgIpc) is 2.35. The number of hydrogen-bond acceptors (Lipinski definition) is 4. The minimum Gasteiger partial charge on any atom is -0.477 e. The van der Waals surface area contributed by atoms with Gasteiger partial charge in [0.05, 0.1) is 0 Å². The van der Waals surface area contributed by atoms with Gasteiger partial charge in [0.25, 0.3) is 0 Å². The fourth-order valence-corrected chi connectivity index (χ4v) is 1.14. The molecular formula is C6H8O5. The summed E-state index contributed by atoms with van der Waals surface area (Å²) in [4.78, 5) is 10.5. The molecule has 0 spiro atoms. The van der Waals surface area contributed by atoms with Crippen LogP contribution in [0.15, 0.2) is 0 Å². The third-order valence-electron chi connectivity index (χ3n) is 1.62. The zero-order valence-corrected chi connectivity index (χ0v) is 6.16. The summed E-state index contributed by atoms with van der Waals surface area (Å²) < 4.78 is 14.8. The first-order valence-electron chi connectivity index (χ1n) is 3.25. The predicted octanol–water partition coefficient (Wildman–Crippen LogP) is -0.0935. The Bertz CT molecular complexity index is 223. The molecular weight excluding hydrogens is 152 g/mol. The molecule has 62 valence electrons. The Morgan fingerprint density at radius 2 is 2.09 bits per heavy atom. The average molecular weight is 160 g/mol. The second-order valence-corrected chi connectivity index (χ2v) is 3.04. The molecule has 2 fully saturated rings. The van der Waals surface area contributed by atoms with Crippen molar-refractivity contribution in [1.29, 1.82) is 0 Å². The van der Waals surface area contributed by atoms with Crippen LogP contribution in [-0.2, 0) is 19.0 Å². The maximum absolute atomic E-state index is 10.5. The van der Waals surface area contributed by atoms with Crippen LogP contribution >= 0.6 is 0 Å². The zero-order valence-electron chi connectivity index (χ0n) is 6.16. The number of hydrogen-bond donors (Lipinski definition) is 1. The molecule has 2 heterocycles. The van der Waals surface area contributed by atoms with Gasteiger partial charge in [-0.25, -0.2) is 4.79 Å². The minimum atomic E-state index is -1.51. The van der Waals surface area contributed by atoms with E-state index in [-0.39, 0.29) is 0 Å². The lowest BCUT2D eigenvalue weighted by Gasteiger charge is -2.19. The van der Waals surface area contributed by atoms with Crippen molar-refractivity contribution >= 4 is 5.97 Å². The van der Waals surface area contributed by atoms with Gasteiger partial charge in [-0.1, -0.05) is 0 Å². The molecule has 2 aliphatic heterocycles. The van der Waals surface area contributed by atoms with Crippen molar-refractivity contribution in [2.24, 2.45) is 0 Å². The van der Waals surface area contributed by atoms with Gasteiger partial charge in [0.15, 0.2) is 5.79 Å². The van der Waals surface area contributed by atoms with Gasteiger partial charge in [-0.05, 0) is 13.8 Å². The summed E-state index contributed by atoms with van der Waals surface area (Å²) >= 11 is 0. The first kappa shape index (κ1) is 7.02. The van der Waals surface area contributed by atoms with Gasteiger partial charge < -0.3 is 19.3 Å². The van der Waals surface area contributed by atoms with Crippen LogP contribution in [0.5, 0.6) is 0 Å². The van der Waals surface area contributed by atoms with Crippen LogP contribution in [0.3, 0.4) is 0 Å². The van der Waals surface area contributed by atoms with E-state index in [1.54, 1.807) is 13.8 Å². The van der Waals surface area contributed by atoms with E-state index >= 15 is 0 Å². The number of carboxylic acid groups (broad SMARTS) is 1. The van der Waals surface area contributed by atoms with E-state index in [9.17, 15) is 4.79 Å². The summed E-state index contributed by atoms with van der Waals surface area (Å²) in [6, 6.07) is 0. The normalized spacial score (nSPS) is 45.1. The molecule has 0 radical (unpaired) electrons. The second-order valence-electron chi connectivity index (χ2n) is 3.04. The second kappa shape index (κ2) is 1.57. The van der Waals surface area contributed by atoms with Crippen LogP contribution in [-0.4, -0.2) is 28.9 Å². The number of carboxylic acids is 1. The van der Waals surface area contributed by atoms with Crippen LogP contribution in [0.4, 0.5) is 0 Å². The quantitative estimate of drug-likeness (QED) is 0.543. The van der Waals surface area contributed by atoms with Crippen LogP contribution in [0.25, 0.3) is 0 Å². The molecule has 0 aromatic carbocycles. The molecule has 2 atom stereocenters. The van der Waals surface area contributed by atoms with Crippen molar-refractivity contribution in [3.8, 4) is 0 Å². The number of fused-ring (bicyclic) bond motifs is 1. The number of ether oxygens (including phenoxy) is 3. The topological polar surface area (TPSA) is 68.3 Å². The number of carbonyl (C=O) groups is 1. The molecule has 5 heteroatoms. The first-order valence-corrected chi connectivity index (χ1v) is 3.25. The van der Waals surface area contributed by atoms with Crippen molar-refractivity contribution in [3.05, 3.63) is 0 Å². The largest absolute Gasteiger partial charge is 0.477 e. The van der Waals surface area contributed by atoms with E-state index in [4.69, 9.17) is 19.3 Å². The lowest BCUT2D eigenvalue weighted by Crippen LogP contribution is -2.32. The summed E-state index contributed by atoms with van der Waals surface area (Å²) in [6.45, 7) is 3.29. The molecule has 11 heavy (non-hydrogen) atoms. The Morgan fingerprint density at radius 1 is 1.45 bits per heavy atom. The maximum atomic E-state index is 10.5. The molecule has 5 nitrogen and oxygen atoms in total. The predicted molar refractivity (Wildman–Crippen MR) is 31.5 cm³/mol. The molecule has 0 aromatic rings. The Labute approximate surface area is 62.8 Å². The highest BCUT2D eigenvalue weighted by Crippen LogP contribution is 2.50. The van der Waals surface area contributed by atoms with Crippen molar-refractivity contribution < 1.29 is 24.1 Å². The summed E-state index contributed by atoms with van der Waals surface area (Å²) in [5.74, 6) is -3.49. The van der Waals surface area contributed by atoms with Crippen LogP contribution in [0, 0.1) is 0 Å². The van der Waals surface area contributed by atoms with E-state index < -0.39 is 23.8 Å². The fraction of sp³-hybridized carbons (Fsp3) is 0.833. The van der Waals surface area contributed by atoms with Gasteiger partial charge in [0, 0.05) is 0 Å². The number of rotatable bonds is 1. The van der Waals surface area contributed by atoms with E-state index in [1.807, 2.05) is 0 Å². The van der Waals surface area contributed by atoms with Gasteiger partial charge in [-0.15, -0.1) is 0 Å². The molecule has 0 aliphatic carbocycles. The van der Waals surface area contributed by atoms with E-state index in [1.165, 1.54) is 0 Å². The zero-order chi connectivity index (χ0) is 8.28. The lowest BCUT2D eigenvalue weighted by atomic mass is 10.4. The molecule has 0 saturated carbocycles. The molecule has 1 unspecified atom stereocenters. The third-order valence-corrected chi connectivity index (χ3v) is 1.62. The number of epoxide rings is 1. The summed E-state index contributed by atoms with van der Waals surface area (Å²) in [6.07, 6.45) is -0.727. The van der Waals surface area contributed by atoms with Crippen molar-refractivity contribution in [1.82, 2.24) is 0 Å². The Balaban J connectivity index is 2.19. The van der Waals surface area contributed by atoms with Crippen molar-refractivity contribution in [3.63, 3.8) is 0 Å². The molecule has 2 saturated heterocycles. The van der Waals surface area contributed by atoms with E-state index in [0.717, 1.165) is 0 Å². The third kappa shape index (κ3) is 0.786. The summed E-state index contributed by atoms with van der Waals surface area (Å²) in [7, 11) is 0. The fourth-order valence-electron chi connectivity index (χ4n) is 1.14. The molecule has 2 aliphatic rings. The summed E-state index contributed by atoms with van der Waals surface area (Å²) in [5.41, 5.74) is 0. The molecule has 0 amide bonds. The van der Waals surface area contributed by atoms with Crippen molar-refractivity contribution in [2.45, 2.75) is 31.7 Å². The Kier molecular flexibility index (Phi) is 1.01. The van der Waals surface area contributed by atoms with Gasteiger partial charge in [-0.2, -0.15) is 0 Å². The van der Waals surface area contributed by atoms with Crippen LogP contribution in [0.2, 0.25) is 0 Å². The maximum Gasteiger partial charge on any atom is 0.370 e. The van der Waals surface area contributed by atoms with Gasteiger partial charge >= 0.3 is 11.8 Å². The van der Waals surface area contributed by atoms with Crippen LogP contribution in [0.1, 0.15) is 13.8 Å². The highest BCUT2D eigenvalue weighted by atomic mass is 17.0. The van der Waals surface area contributed by atoms with Crippen LogP contribution < -0.4 is 0 Å². The smallest absolute Gasteiger partial charge is 0.370 e. The highest BCUT2D eigenvalue weighted by Gasteiger charge is 2.75. The SMILES string of the molecule is CC1(C)OC2O[C@@]2(C(=O)O)O1. The van der Waals surface area contributed by atoms with Gasteiger partial charge in [0.1, 0.15) is 0 Å². The molecule has 0 aromatic heterocycles. The molecule has 2 rings (SSSR count). The van der Waals surface area contributed by atoms with Gasteiger partial charge in [-0.3, -0.25) is 0 Å². The Morgan fingerprint density at radius 3 is 2.36 bits per heavy atom. The Hall–Kier alpha value is -0.650. The lowest BCUT2D eigenvalue weighted by molar-refractivity contribution is -0.250. The first-order chi connectivity index (χ1) is 4.96. The van der Waals surface area contributed by atoms with Gasteiger partial charge in [0.2, 0.25) is 6.29 Å². The standard InChI is InChI=1S/C6H8O5/c1-5(2)9-4-6(10-4,11-5)3(7)8/h4H,1-2H3,(H,7,8)/t4?,6-/m0/s1. The van der Waals surface area contributed by atoms with E-state index in [2.05, 4.69) is 0 Å². The monoisotopic (exact) mass is 160 g/mol. The minimum absolute atomic E-state index is 0.727. The number of aliphatic carboxylic acids is 1. The van der Waals surface area contributed by atoms with E-state index in [0.29, 0.717) is 0 Å². The summed E-state index contributed by atoms with van der Waals surface area (Å²) in [5, 5.41) is 8.62. The van der Waals surface area contributed by atoms with Crippen molar-refractivity contribution in [2.75, 3.05) is 0 Å².